The van der Waals surface area contributed by atoms with Gasteiger partial charge >= 0.3 is 5.76 Å². The normalized spacial score (nSPS) is 15.3. The second-order valence-electron chi connectivity index (χ2n) is 6.74. The molecule has 0 saturated carbocycles. The van der Waals surface area contributed by atoms with Crippen molar-refractivity contribution in [1.29, 1.82) is 0 Å². The number of oxazole rings is 1. The molecule has 1 aromatic heterocycles. The molecule has 1 fully saturated rings. The highest BCUT2D eigenvalue weighted by atomic mass is 16.4. The van der Waals surface area contributed by atoms with Crippen LogP contribution in [-0.2, 0) is 11.8 Å². The number of hydrogen-bond donors (Lipinski definition) is 0. The van der Waals surface area contributed by atoms with Crippen LogP contribution in [0.5, 0.6) is 0 Å². The topological polar surface area (TPSA) is 75.8 Å². The Labute approximate surface area is 152 Å². The monoisotopic (exact) mass is 359 g/mol. The lowest BCUT2D eigenvalue weighted by Gasteiger charge is -2.22. The van der Waals surface area contributed by atoms with Crippen LogP contribution in [0.4, 0.5) is 0 Å². The number of rotatable bonds is 4. The number of fused-ring (bicyclic) bond motifs is 1. The lowest BCUT2D eigenvalue weighted by atomic mass is 10.1. The molecule has 0 radical (unpaired) electrons. The largest absolute Gasteiger partial charge is 0.419 e. The van der Waals surface area contributed by atoms with Gasteiger partial charge in [-0.1, -0.05) is 13.3 Å². The molecule has 0 unspecified atom stereocenters. The lowest BCUT2D eigenvalue weighted by Crippen LogP contribution is -2.37. The molecule has 1 aliphatic rings. The van der Waals surface area contributed by atoms with Gasteiger partial charge in [0.15, 0.2) is 5.58 Å². The van der Waals surface area contributed by atoms with Gasteiger partial charge in [0.2, 0.25) is 5.91 Å². The fourth-order valence-electron chi connectivity index (χ4n) is 3.30. The van der Waals surface area contributed by atoms with Crippen molar-refractivity contribution in [2.75, 3.05) is 26.2 Å². The van der Waals surface area contributed by atoms with E-state index < -0.39 is 5.76 Å². The second kappa shape index (κ2) is 7.76. The lowest BCUT2D eigenvalue weighted by molar-refractivity contribution is -0.131. The number of carbonyl (C=O) groups is 2. The molecule has 0 N–H and O–H groups in total. The molecule has 0 spiro atoms. The summed E-state index contributed by atoms with van der Waals surface area (Å²) in [5.74, 6) is -0.347. The van der Waals surface area contributed by atoms with Crippen LogP contribution in [-0.4, -0.2) is 52.4 Å². The fraction of sp³-hybridized carbons (Fsp3) is 0.526. The predicted molar refractivity (Wildman–Crippen MR) is 98.1 cm³/mol. The van der Waals surface area contributed by atoms with Crippen molar-refractivity contribution >= 4 is 22.9 Å². The summed E-state index contributed by atoms with van der Waals surface area (Å²) >= 11 is 0. The molecular weight excluding hydrogens is 334 g/mol. The van der Waals surface area contributed by atoms with Gasteiger partial charge in [-0.2, -0.15) is 0 Å². The van der Waals surface area contributed by atoms with Gasteiger partial charge in [0, 0.05) is 45.2 Å². The first-order valence-corrected chi connectivity index (χ1v) is 9.18. The third-order valence-corrected chi connectivity index (χ3v) is 4.92. The molecule has 140 valence electrons. The Morgan fingerprint density at radius 2 is 1.85 bits per heavy atom. The predicted octanol–water partition coefficient (Wildman–Crippen LogP) is 2.00. The first kappa shape index (κ1) is 18.2. The van der Waals surface area contributed by atoms with Crippen LogP contribution in [0.3, 0.4) is 0 Å². The van der Waals surface area contributed by atoms with Crippen molar-refractivity contribution in [2.24, 2.45) is 7.05 Å². The van der Waals surface area contributed by atoms with Crippen LogP contribution < -0.4 is 5.76 Å². The van der Waals surface area contributed by atoms with Crippen LogP contribution in [0.15, 0.2) is 27.4 Å². The average Bonchev–Trinajstić information content (AvgIpc) is 2.83. The first-order valence-electron chi connectivity index (χ1n) is 9.18. The van der Waals surface area contributed by atoms with Crippen LogP contribution >= 0.6 is 0 Å². The maximum atomic E-state index is 12.9. The Morgan fingerprint density at radius 3 is 2.62 bits per heavy atom. The average molecular weight is 359 g/mol. The zero-order valence-electron chi connectivity index (χ0n) is 15.4. The Balaban J connectivity index is 1.71. The highest BCUT2D eigenvalue weighted by Gasteiger charge is 2.23. The van der Waals surface area contributed by atoms with Crippen molar-refractivity contribution < 1.29 is 14.0 Å². The van der Waals surface area contributed by atoms with Crippen molar-refractivity contribution in [3.8, 4) is 0 Å². The van der Waals surface area contributed by atoms with Crippen LogP contribution in [0.2, 0.25) is 0 Å². The minimum absolute atomic E-state index is 0.0802. The van der Waals surface area contributed by atoms with Crippen molar-refractivity contribution in [1.82, 2.24) is 14.4 Å². The first-order chi connectivity index (χ1) is 12.5. The van der Waals surface area contributed by atoms with E-state index in [1.807, 2.05) is 4.90 Å². The molecule has 7 heteroatoms. The standard InChI is InChI=1S/C19H25N3O4/c1-3-4-6-17(23)21-9-5-10-22(12-11-21)18(24)14-7-8-16-15(13-14)20(2)19(25)26-16/h7-8,13H,3-6,9-12H2,1-2H3. The Morgan fingerprint density at radius 1 is 1.12 bits per heavy atom. The van der Waals surface area contributed by atoms with Crippen molar-refractivity contribution in [2.45, 2.75) is 32.6 Å². The van der Waals surface area contributed by atoms with Gasteiger partial charge in [-0.3, -0.25) is 14.2 Å². The summed E-state index contributed by atoms with van der Waals surface area (Å²) in [6.07, 6.45) is 3.26. The molecule has 2 heterocycles. The van der Waals surface area contributed by atoms with Crippen LogP contribution in [0, 0.1) is 0 Å². The summed E-state index contributed by atoms with van der Waals surface area (Å²) in [5, 5.41) is 0. The molecule has 0 atom stereocenters. The van der Waals surface area contributed by atoms with E-state index in [4.69, 9.17) is 4.42 Å². The number of unbranched alkanes of at least 4 members (excludes halogenated alkanes) is 1. The van der Waals surface area contributed by atoms with Gasteiger partial charge in [-0.05, 0) is 31.0 Å². The number of benzene rings is 1. The Kier molecular flexibility index (Phi) is 5.44. The summed E-state index contributed by atoms with van der Waals surface area (Å²) in [6, 6.07) is 5.03. The van der Waals surface area contributed by atoms with Crippen LogP contribution in [0.1, 0.15) is 43.0 Å². The van der Waals surface area contributed by atoms with Crippen molar-refractivity contribution in [3.63, 3.8) is 0 Å². The zero-order valence-corrected chi connectivity index (χ0v) is 15.4. The van der Waals surface area contributed by atoms with Gasteiger partial charge in [-0.15, -0.1) is 0 Å². The maximum absolute atomic E-state index is 12.9. The Hall–Kier alpha value is -2.57. The number of amides is 2. The van der Waals surface area contributed by atoms with E-state index in [2.05, 4.69) is 6.92 Å². The molecular formula is C19H25N3O4. The molecule has 0 aliphatic carbocycles. The number of nitrogens with zero attached hydrogens (tertiary/aromatic N) is 3. The number of carbonyl (C=O) groups excluding carboxylic acids is 2. The highest BCUT2D eigenvalue weighted by molar-refractivity contribution is 5.97. The summed E-state index contributed by atoms with van der Waals surface area (Å²) in [5.41, 5.74) is 1.60. The molecule has 1 saturated heterocycles. The fourth-order valence-corrected chi connectivity index (χ4v) is 3.30. The smallest absolute Gasteiger partial charge is 0.408 e. The summed E-state index contributed by atoms with van der Waals surface area (Å²) in [7, 11) is 1.62. The van der Waals surface area contributed by atoms with E-state index in [1.54, 1.807) is 30.1 Å². The SMILES string of the molecule is CCCCC(=O)N1CCCN(C(=O)c2ccc3oc(=O)n(C)c3c2)CC1. The van der Waals surface area contributed by atoms with E-state index >= 15 is 0 Å². The van der Waals surface area contributed by atoms with E-state index in [1.165, 1.54) is 4.57 Å². The van der Waals surface area contributed by atoms with Gasteiger partial charge in [-0.25, -0.2) is 4.79 Å². The third-order valence-electron chi connectivity index (χ3n) is 4.92. The minimum Gasteiger partial charge on any atom is -0.408 e. The molecule has 7 nitrogen and oxygen atoms in total. The molecule has 1 aromatic carbocycles. The van der Waals surface area contributed by atoms with Gasteiger partial charge in [0.05, 0.1) is 5.52 Å². The third kappa shape index (κ3) is 3.66. The van der Waals surface area contributed by atoms with E-state index in [-0.39, 0.29) is 11.8 Å². The van der Waals surface area contributed by atoms with Gasteiger partial charge in [0.1, 0.15) is 0 Å². The quantitative estimate of drug-likeness (QED) is 0.837. The number of aryl methyl sites for hydroxylation is 1. The van der Waals surface area contributed by atoms with Gasteiger partial charge in [0.25, 0.3) is 5.91 Å². The summed E-state index contributed by atoms with van der Waals surface area (Å²) in [4.78, 5) is 40.3. The molecule has 0 bridgehead atoms. The molecule has 3 rings (SSSR count). The zero-order chi connectivity index (χ0) is 18.7. The van der Waals surface area contributed by atoms with Crippen LogP contribution in [0.25, 0.3) is 11.1 Å². The number of aromatic nitrogens is 1. The highest BCUT2D eigenvalue weighted by Crippen LogP contribution is 2.17. The second-order valence-corrected chi connectivity index (χ2v) is 6.74. The molecule has 1 aliphatic heterocycles. The summed E-state index contributed by atoms with van der Waals surface area (Å²) < 4.78 is 6.50. The molecule has 2 amide bonds. The number of hydrogen-bond acceptors (Lipinski definition) is 4. The van der Waals surface area contributed by atoms with Crippen molar-refractivity contribution in [3.05, 3.63) is 34.3 Å². The van der Waals surface area contributed by atoms with E-state index in [0.717, 1.165) is 19.3 Å². The van der Waals surface area contributed by atoms with Gasteiger partial charge < -0.3 is 14.2 Å². The van der Waals surface area contributed by atoms with E-state index in [9.17, 15) is 14.4 Å². The van der Waals surface area contributed by atoms with E-state index in [0.29, 0.717) is 49.3 Å². The Bertz CT molecular complexity index is 867. The maximum Gasteiger partial charge on any atom is 0.419 e. The minimum atomic E-state index is -0.444. The molecule has 2 aromatic rings. The molecule has 26 heavy (non-hydrogen) atoms. The summed E-state index contributed by atoms with van der Waals surface area (Å²) in [6.45, 7) is 4.49.